The van der Waals surface area contributed by atoms with E-state index in [2.05, 4.69) is 0 Å². The van der Waals surface area contributed by atoms with Crippen LogP contribution >= 0.6 is 11.8 Å². The highest BCUT2D eigenvalue weighted by atomic mass is 32.2. The molecule has 1 rings (SSSR count). The van der Waals surface area contributed by atoms with Gasteiger partial charge in [0, 0.05) is 0 Å². The average molecular weight is 295 g/mol. The van der Waals surface area contributed by atoms with Crippen molar-refractivity contribution in [2.24, 2.45) is 5.73 Å². The van der Waals surface area contributed by atoms with Crippen molar-refractivity contribution in [3.63, 3.8) is 0 Å². The molecule has 6 N–H and O–H groups in total. The molecule has 114 valence electrons. The normalized spacial score (nSPS) is 35.5. The van der Waals surface area contributed by atoms with Crippen LogP contribution < -0.4 is 5.73 Å². The Morgan fingerprint density at radius 3 is 2.26 bits per heavy atom. The van der Waals surface area contributed by atoms with Gasteiger partial charge in [0.25, 0.3) is 0 Å². The molecule has 0 unspecified atom stereocenters. The van der Waals surface area contributed by atoms with Crippen LogP contribution in [0.15, 0.2) is 0 Å². The molecule has 19 heavy (non-hydrogen) atoms. The Hall–Kier alpha value is 0.110. The zero-order valence-corrected chi connectivity index (χ0v) is 11.8. The molecule has 1 saturated heterocycles. The van der Waals surface area contributed by atoms with Gasteiger partial charge in [0.15, 0.2) is 0 Å². The summed E-state index contributed by atoms with van der Waals surface area (Å²) in [6.07, 6.45) is -0.334. The molecule has 0 spiro atoms. The third-order valence-corrected chi connectivity index (χ3v) is 4.47. The van der Waals surface area contributed by atoms with Crippen molar-refractivity contribution in [1.82, 2.24) is 0 Å². The molecule has 0 bridgehead atoms. The Bertz CT molecular complexity index is 244. The minimum Gasteiger partial charge on any atom is -0.394 e. The first-order valence-electron chi connectivity index (χ1n) is 6.74. The number of aliphatic hydroxyl groups is 4. The maximum atomic E-state index is 9.81. The molecule has 0 aromatic carbocycles. The molecule has 0 amide bonds. The van der Waals surface area contributed by atoms with Crippen molar-refractivity contribution >= 4 is 11.8 Å². The third kappa shape index (κ3) is 5.18. The third-order valence-electron chi connectivity index (χ3n) is 3.23. The minimum absolute atomic E-state index is 0.376. The smallest absolute Gasteiger partial charge is 0.132 e. The van der Waals surface area contributed by atoms with Crippen molar-refractivity contribution < 1.29 is 25.2 Å². The Morgan fingerprint density at radius 2 is 1.63 bits per heavy atom. The maximum Gasteiger partial charge on any atom is 0.132 e. The first kappa shape index (κ1) is 17.2. The average Bonchev–Trinajstić information content (AvgIpc) is 2.42. The van der Waals surface area contributed by atoms with E-state index in [1.165, 1.54) is 11.8 Å². The van der Waals surface area contributed by atoms with E-state index in [-0.39, 0.29) is 6.61 Å². The molecule has 7 heteroatoms. The highest BCUT2D eigenvalue weighted by Gasteiger charge is 2.43. The number of nitrogens with two attached hydrogens (primary N) is 1. The summed E-state index contributed by atoms with van der Waals surface area (Å²) in [7, 11) is 0. The SMILES string of the molecule is NCCCCCCS[C@H]1O[C@H](CO)[C@H](O)[C@@H](O)[C@@H]1O. The summed E-state index contributed by atoms with van der Waals surface area (Å²) in [6, 6.07) is 0. The summed E-state index contributed by atoms with van der Waals surface area (Å²) in [6.45, 7) is 0.332. The Balaban J connectivity index is 2.28. The molecule has 6 nitrogen and oxygen atoms in total. The van der Waals surface area contributed by atoms with Gasteiger partial charge in [-0.05, 0) is 25.1 Å². The monoisotopic (exact) mass is 295 g/mol. The minimum atomic E-state index is -1.28. The molecule has 1 heterocycles. The van der Waals surface area contributed by atoms with Crippen LogP contribution in [-0.2, 0) is 4.74 Å². The van der Waals surface area contributed by atoms with Crippen LogP contribution in [0.4, 0.5) is 0 Å². The van der Waals surface area contributed by atoms with Gasteiger partial charge in [-0.2, -0.15) is 0 Å². The zero-order chi connectivity index (χ0) is 14.3. The summed E-state index contributed by atoms with van der Waals surface area (Å²) >= 11 is 1.40. The second-order valence-corrected chi connectivity index (χ2v) is 5.98. The summed E-state index contributed by atoms with van der Waals surface area (Å²) in [5, 5.41) is 38.1. The van der Waals surface area contributed by atoms with Crippen LogP contribution in [-0.4, -0.2) is 69.2 Å². The van der Waals surface area contributed by atoms with Crippen LogP contribution in [0.3, 0.4) is 0 Å². The molecule has 5 atom stereocenters. The first-order chi connectivity index (χ1) is 9.11. The lowest BCUT2D eigenvalue weighted by Crippen LogP contribution is -2.57. The van der Waals surface area contributed by atoms with Crippen LogP contribution in [0, 0.1) is 0 Å². The number of hydrogen-bond acceptors (Lipinski definition) is 7. The molecular formula is C12H25NO5S. The van der Waals surface area contributed by atoms with Crippen LogP contribution in [0.1, 0.15) is 25.7 Å². The van der Waals surface area contributed by atoms with Gasteiger partial charge in [-0.3, -0.25) is 0 Å². The molecule has 0 aliphatic carbocycles. The number of thioether (sulfide) groups is 1. The molecule has 1 fully saturated rings. The largest absolute Gasteiger partial charge is 0.394 e. The molecule has 0 radical (unpaired) electrons. The van der Waals surface area contributed by atoms with Crippen molar-refractivity contribution in [2.75, 3.05) is 18.9 Å². The van der Waals surface area contributed by atoms with Gasteiger partial charge < -0.3 is 30.9 Å². The number of hydrogen-bond donors (Lipinski definition) is 5. The molecule has 0 aromatic rings. The number of rotatable bonds is 8. The summed E-state index contributed by atoms with van der Waals surface area (Å²) in [5.41, 5.74) is 4.80. The molecular weight excluding hydrogens is 270 g/mol. The van der Waals surface area contributed by atoms with Gasteiger partial charge in [-0.15, -0.1) is 11.8 Å². The van der Waals surface area contributed by atoms with Crippen molar-refractivity contribution in [3.8, 4) is 0 Å². The molecule has 1 aliphatic rings. The van der Waals surface area contributed by atoms with E-state index in [4.69, 9.17) is 15.6 Å². The van der Waals surface area contributed by atoms with E-state index in [1.54, 1.807) is 0 Å². The van der Waals surface area contributed by atoms with E-state index < -0.39 is 29.9 Å². The fraction of sp³-hybridized carbons (Fsp3) is 1.00. The Labute approximate surface area is 118 Å². The van der Waals surface area contributed by atoms with Gasteiger partial charge in [-0.25, -0.2) is 0 Å². The van der Waals surface area contributed by atoms with E-state index in [1.807, 2.05) is 0 Å². The van der Waals surface area contributed by atoms with Crippen LogP contribution in [0.2, 0.25) is 0 Å². The first-order valence-corrected chi connectivity index (χ1v) is 7.79. The molecule has 0 aromatic heterocycles. The summed E-state index contributed by atoms with van der Waals surface area (Å²) < 4.78 is 5.39. The quantitative estimate of drug-likeness (QED) is 0.366. The van der Waals surface area contributed by atoms with E-state index in [9.17, 15) is 15.3 Å². The van der Waals surface area contributed by atoms with Gasteiger partial charge in [0.1, 0.15) is 29.9 Å². The van der Waals surface area contributed by atoms with Gasteiger partial charge >= 0.3 is 0 Å². The van der Waals surface area contributed by atoms with Gasteiger partial charge in [0.2, 0.25) is 0 Å². The Morgan fingerprint density at radius 1 is 0.947 bits per heavy atom. The lowest BCUT2D eigenvalue weighted by Gasteiger charge is -2.39. The molecule has 0 saturated carbocycles. The van der Waals surface area contributed by atoms with E-state index in [0.29, 0.717) is 6.54 Å². The van der Waals surface area contributed by atoms with Gasteiger partial charge in [0.05, 0.1) is 6.61 Å². The maximum absolute atomic E-state index is 9.81. The highest BCUT2D eigenvalue weighted by molar-refractivity contribution is 7.99. The zero-order valence-electron chi connectivity index (χ0n) is 11.0. The standard InChI is InChI=1S/C12H25NO5S/c13-5-3-1-2-4-6-19-12-11(17)10(16)9(15)8(7-14)18-12/h8-12,14-17H,1-7,13H2/t8-,9+,10-,11+,12-/m1/s1. The lowest BCUT2D eigenvalue weighted by molar-refractivity contribution is -0.205. The fourth-order valence-corrected chi connectivity index (χ4v) is 3.19. The van der Waals surface area contributed by atoms with E-state index in [0.717, 1.165) is 31.4 Å². The number of ether oxygens (including phenoxy) is 1. The fourth-order valence-electron chi connectivity index (χ4n) is 2.00. The van der Waals surface area contributed by atoms with Crippen molar-refractivity contribution in [3.05, 3.63) is 0 Å². The number of unbranched alkanes of at least 4 members (excludes halogenated alkanes) is 3. The van der Waals surface area contributed by atoms with Crippen LogP contribution in [0.5, 0.6) is 0 Å². The summed E-state index contributed by atoms with van der Waals surface area (Å²) in [5.74, 6) is 0.799. The predicted molar refractivity (Wildman–Crippen MR) is 73.7 cm³/mol. The van der Waals surface area contributed by atoms with Gasteiger partial charge in [-0.1, -0.05) is 12.8 Å². The van der Waals surface area contributed by atoms with Crippen molar-refractivity contribution in [2.45, 2.75) is 55.5 Å². The van der Waals surface area contributed by atoms with Crippen molar-refractivity contribution in [1.29, 1.82) is 0 Å². The Kier molecular flexibility index (Phi) is 8.24. The number of aliphatic hydroxyl groups excluding tert-OH is 4. The lowest BCUT2D eigenvalue weighted by atomic mass is 10.0. The van der Waals surface area contributed by atoms with Crippen LogP contribution in [0.25, 0.3) is 0 Å². The second-order valence-electron chi connectivity index (χ2n) is 4.77. The predicted octanol–water partition coefficient (Wildman–Crippen LogP) is -0.961. The highest BCUT2D eigenvalue weighted by Crippen LogP contribution is 2.29. The molecule has 1 aliphatic heterocycles. The summed E-state index contributed by atoms with van der Waals surface area (Å²) in [4.78, 5) is 0. The second kappa shape index (κ2) is 9.12. The topological polar surface area (TPSA) is 116 Å². The van der Waals surface area contributed by atoms with E-state index >= 15 is 0 Å².